The number of nitrogens with two attached hydrogens (primary N) is 1. The van der Waals surface area contributed by atoms with Crippen LogP contribution >= 0.6 is 0 Å². The molecule has 3 heteroatoms. The van der Waals surface area contributed by atoms with Crippen LogP contribution in [0.4, 0.5) is 0 Å². The second-order valence-electron chi connectivity index (χ2n) is 5.83. The first-order valence-electron chi connectivity index (χ1n) is 5.96. The van der Waals surface area contributed by atoms with Gasteiger partial charge in [0.05, 0.1) is 6.10 Å². The van der Waals surface area contributed by atoms with Crippen molar-refractivity contribution < 1.29 is 4.74 Å². The van der Waals surface area contributed by atoms with Crippen molar-refractivity contribution in [1.29, 1.82) is 0 Å². The average Bonchev–Trinajstić information content (AvgIpc) is 2.54. The normalized spacial score (nSPS) is 24.8. The summed E-state index contributed by atoms with van der Waals surface area (Å²) < 4.78 is 5.72. The van der Waals surface area contributed by atoms with Crippen LogP contribution in [0.2, 0.25) is 0 Å². The van der Waals surface area contributed by atoms with Gasteiger partial charge < -0.3 is 10.5 Å². The van der Waals surface area contributed by atoms with Crippen LogP contribution in [0.15, 0.2) is 0 Å². The first-order valence-corrected chi connectivity index (χ1v) is 5.96. The molecule has 2 unspecified atom stereocenters. The number of nitrogens with zero attached hydrogens (tertiary/aromatic N) is 1. The lowest BCUT2D eigenvalue weighted by Gasteiger charge is -2.35. The van der Waals surface area contributed by atoms with Crippen LogP contribution in [0, 0.1) is 5.41 Å². The zero-order valence-corrected chi connectivity index (χ0v) is 10.6. The predicted molar refractivity (Wildman–Crippen MR) is 63.9 cm³/mol. The molecule has 1 fully saturated rings. The minimum Gasteiger partial charge on any atom is -0.377 e. The molecular weight excluding hydrogens is 188 g/mol. The summed E-state index contributed by atoms with van der Waals surface area (Å²) in [4.78, 5) is 2.36. The van der Waals surface area contributed by atoms with Crippen LogP contribution in [0.25, 0.3) is 0 Å². The molecule has 0 aromatic rings. The van der Waals surface area contributed by atoms with Crippen molar-refractivity contribution in [3.8, 4) is 0 Å². The average molecular weight is 214 g/mol. The molecule has 15 heavy (non-hydrogen) atoms. The van der Waals surface area contributed by atoms with E-state index in [0.29, 0.717) is 24.1 Å². The molecule has 1 aliphatic rings. The summed E-state index contributed by atoms with van der Waals surface area (Å²) in [7, 11) is 2.16. The predicted octanol–water partition coefficient (Wildman–Crippen LogP) is 1.47. The van der Waals surface area contributed by atoms with Gasteiger partial charge in [0.25, 0.3) is 0 Å². The van der Waals surface area contributed by atoms with Crippen LogP contribution < -0.4 is 5.73 Å². The monoisotopic (exact) mass is 214 g/mol. The Balaban J connectivity index is 2.49. The van der Waals surface area contributed by atoms with Crippen molar-refractivity contribution in [3.63, 3.8) is 0 Å². The maximum absolute atomic E-state index is 5.85. The van der Waals surface area contributed by atoms with Crippen LogP contribution in [-0.4, -0.2) is 43.8 Å². The minimum atomic E-state index is 0.320. The highest BCUT2D eigenvalue weighted by atomic mass is 16.5. The molecule has 2 N–H and O–H groups in total. The number of hydrogen-bond donors (Lipinski definition) is 1. The van der Waals surface area contributed by atoms with Gasteiger partial charge >= 0.3 is 0 Å². The van der Waals surface area contributed by atoms with Crippen molar-refractivity contribution in [1.82, 2.24) is 4.90 Å². The maximum atomic E-state index is 5.85. The van der Waals surface area contributed by atoms with Gasteiger partial charge in [-0.25, -0.2) is 0 Å². The summed E-state index contributed by atoms with van der Waals surface area (Å²) in [6, 6.07) is 0.381. The Morgan fingerprint density at radius 2 is 2.13 bits per heavy atom. The Labute approximate surface area is 94.0 Å². The van der Waals surface area contributed by atoms with Crippen LogP contribution in [0.5, 0.6) is 0 Å². The van der Waals surface area contributed by atoms with E-state index in [0.717, 1.165) is 19.6 Å². The molecule has 0 amide bonds. The summed E-state index contributed by atoms with van der Waals surface area (Å²) in [5.41, 5.74) is 6.17. The fourth-order valence-corrected chi connectivity index (χ4v) is 2.39. The fraction of sp³-hybridized carbons (Fsp3) is 1.00. The highest BCUT2D eigenvalue weighted by Gasteiger charge is 2.29. The lowest BCUT2D eigenvalue weighted by Crippen LogP contribution is -2.48. The van der Waals surface area contributed by atoms with Gasteiger partial charge in [0, 0.05) is 25.7 Å². The third-order valence-corrected chi connectivity index (χ3v) is 2.93. The van der Waals surface area contributed by atoms with Gasteiger partial charge in [-0.1, -0.05) is 20.8 Å². The number of hydrogen-bond acceptors (Lipinski definition) is 3. The molecule has 0 spiro atoms. The third kappa shape index (κ3) is 4.09. The molecule has 1 heterocycles. The van der Waals surface area contributed by atoms with E-state index in [2.05, 4.69) is 32.7 Å². The molecule has 0 bridgehead atoms. The summed E-state index contributed by atoms with van der Waals surface area (Å²) >= 11 is 0. The van der Waals surface area contributed by atoms with Crippen LogP contribution in [-0.2, 0) is 4.74 Å². The standard InChI is InChI=1S/C12H26N2O/c1-12(2,3)9-14(4)10(8-13)11-6-5-7-15-11/h10-11H,5-9,13H2,1-4H3. The Morgan fingerprint density at radius 3 is 2.53 bits per heavy atom. The Hall–Kier alpha value is -0.120. The molecule has 1 saturated heterocycles. The molecule has 0 radical (unpaired) electrons. The van der Waals surface area contributed by atoms with Crippen LogP contribution in [0.1, 0.15) is 33.6 Å². The second kappa shape index (κ2) is 5.28. The topological polar surface area (TPSA) is 38.5 Å². The Kier molecular flexibility index (Phi) is 4.56. The lowest BCUT2D eigenvalue weighted by molar-refractivity contribution is 0.0265. The van der Waals surface area contributed by atoms with E-state index in [1.165, 1.54) is 6.42 Å². The van der Waals surface area contributed by atoms with Gasteiger partial charge in [-0.15, -0.1) is 0 Å². The van der Waals surface area contributed by atoms with Crippen molar-refractivity contribution in [3.05, 3.63) is 0 Å². The smallest absolute Gasteiger partial charge is 0.0743 e. The molecule has 3 nitrogen and oxygen atoms in total. The van der Waals surface area contributed by atoms with Crippen molar-refractivity contribution in [2.24, 2.45) is 11.1 Å². The van der Waals surface area contributed by atoms with E-state index in [1.54, 1.807) is 0 Å². The zero-order chi connectivity index (χ0) is 11.5. The fourth-order valence-electron chi connectivity index (χ4n) is 2.39. The molecule has 0 aromatic heterocycles. The van der Waals surface area contributed by atoms with E-state index in [9.17, 15) is 0 Å². The first kappa shape index (κ1) is 12.9. The molecule has 0 aliphatic carbocycles. The number of ether oxygens (including phenoxy) is 1. The summed E-state index contributed by atoms with van der Waals surface area (Å²) in [5, 5.41) is 0. The molecule has 1 aliphatic heterocycles. The van der Waals surface area contributed by atoms with E-state index in [1.807, 2.05) is 0 Å². The van der Waals surface area contributed by atoms with E-state index >= 15 is 0 Å². The van der Waals surface area contributed by atoms with Gasteiger partial charge in [-0.05, 0) is 25.3 Å². The summed E-state index contributed by atoms with van der Waals surface area (Å²) in [6.07, 6.45) is 2.70. The van der Waals surface area contributed by atoms with Gasteiger partial charge in [-0.2, -0.15) is 0 Å². The van der Waals surface area contributed by atoms with Gasteiger partial charge in [0.15, 0.2) is 0 Å². The Bertz CT molecular complexity index is 183. The van der Waals surface area contributed by atoms with Crippen LogP contribution in [0.3, 0.4) is 0 Å². The van der Waals surface area contributed by atoms with Gasteiger partial charge in [-0.3, -0.25) is 4.90 Å². The molecule has 1 rings (SSSR count). The SMILES string of the molecule is CN(CC(C)(C)C)C(CN)C1CCCO1. The molecule has 2 atom stereocenters. The van der Waals surface area contributed by atoms with E-state index in [4.69, 9.17) is 10.5 Å². The zero-order valence-electron chi connectivity index (χ0n) is 10.6. The summed E-state index contributed by atoms with van der Waals surface area (Å²) in [5.74, 6) is 0. The molecule has 0 aromatic carbocycles. The molecular formula is C12H26N2O. The number of rotatable bonds is 4. The maximum Gasteiger partial charge on any atom is 0.0743 e. The quantitative estimate of drug-likeness (QED) is 0.770. The largest absolute Gasteiger partial charge is 0.377 e. The van der Waals surface area contributed by atoms with E-state index in [-0.39, 0.29) is 0 Å². The number of likely N-dealkylation sites (N-methyl/N-ethyl adjacent to an activating group) is 1. The Morgan fingerprint density at radius 1 is 1.47 bits per heavy atom. The van der Waals surface area contributed by atoms with Crippen molar-refractivity contribution in [2.45, 2.75) is 45.8 Å². The highest BCUT2D eigenvalue weighted by Crippen LogP contribution is 2.22. The van der Waals surface area contributed by atoms with Gasteiger partial charge in [0.2, 0.25) is 0 Å². The third-order valence-electron chi connectivity index (χ3n) is 2.93. The van der Waals surface area contributed by atoms with Crippen molar-refractivity contribution in [2.75, 3.05) is 26.7 Å². The summed E-state index contributed by atoms with van der Waals surface area (Å²) in [6.45, 7) is 9.43. The highest BCUT2D eigenvalue weighted by molar-refractivity contribution is 4.84. The van der Waals surface area contributed by atoms with Crippen molar-refractivity contribution >= 4 is 0 Å². The molecule has 90 valence electrons. The first-order chi connectivity index (χ1) is 6.94. The second-order valence-corrected chi connectivity index (χ2v) is 5.83. The molecule has 0 saturated carbocycles. The van der Waals surface area contributed by atoms with E-state index < -0.39 is 0 Å². The minimum absolute atomic E-state index is 0.320. The van der Waals surface area contributed by atoms with Gasteiger partial charge in [0.1, 0.15) is 0 Å². The lowest BCUT2D eigenvalue weighted by atomic mass is 9.94.